The largest absolute Gasteiger partial charge is 0.383 e. The van der Waals surface area contributed by atoms with Crippen LogP contribution in [0.4, 0.5) is 11.4 Å². The maximum Gasteiger partial charge on any atom is 0.0602 e. The molecule has 1 heterocycles. The number of fused-ring (bicyclic) bond motifs is 1. The summed E-state index contributed by atoms with van der Waals surface area (Å²) in [6, 6.07) is 8.69. The van der Waals surface area contributed by atoms with Gasteiger partial charge in [0.05, 0.1) is 11.4 Å². The molecule has 0 radical (unpaired) electrons. The van der Waals surface area contributed by atoms with Gasteiger partial charge in [-0.1, -0.05) is 32.9 Å². The van der Waals surface area contributed by atoms with E-state index < -0.39 is 0 Å². The lowest BCUT2D eigenvalue weighted by molar-refractivity contribution is 0.366. The quantitative estimate of drug-likeness (QED) is 0.862. The molecule has 1 aliphatic rings. The molecule has 0 fully saturated rings. The third-order valence-corrected chi connectivity index (χ3v) is 3.52. The van der Waals surface area contributed by atoms with E-state index in [0.29, 0.717) is 5.41 Å². The van der Waals surface area contributed by atoms with E-state index in [1.807, 2.05) is 0 Å². The third kappa shape index (κ3) is 3.66. The van der Waals surface area contributed by atoms with Gasteiger partial charge in [0.1, 0.15) is 0 Å². The number of para-hydroxylation sites is 2. The van der Waals surface area contributed by atoms with Gasteiger partial charge in [-0.15, -0.1) is 0 Å². The van der Waals surface area contributed by atoms with Crippen LogP contribution in [0.15, 0.2) is 24.3 Å². The van der Waals surface area contributed by atoms with E-state index in [9.17, 15) is 0 Å². The van der Waals surface area contributed by atoms with Crippen molar-refractivity contribution in [3.63, 3.8) is 0 Å². The van der Waals surface area contributed by atoms with Crippen molar-refractivity contribution in [3.05, 3.63) is 24.3 Å². The molecule has 0 aliphatic carbocycles. The average molecular weight is 246 g/mol. The topological polar surface area (TPSA) is 15.3 Å². The smallest absolute Gasteiger partial charge is 0.0602 e. The Balaban J connectivity index is 2.00. The van der Waals surface area contributed by atoms with Crippen LogP contribution in [0.5, 0.6) is 0 Å². The van der Waals surface area contributed by atoms with Crippen LogP contribution < -0.4 is 10.2 Å². The van der Waals surface area contributed by atoms with Crippen LogP contribution in [-0.4, -0.2) is 19.6 Å². The molecule has 0 amide bonds. The Hall–Kier alpha value is -1.18. The Morgan fingerprint density at radius 2 is 2.00 bits per heavy atom. The summed E-state index contributed by atoms with van der Waals surface area (Å²) < 4.78 is 0. The van der Waals surface area contributed by atoms with Crippen LogP contribution in [-0.2, 0) is 0 Å². The van der Waals surface area contributed by atoms with Crippen LogP contribution in [0.25, 0.3) is 0 Å². The van der Waals surface area contributed by atoms with Crippen molar-refractivity contribution in [2.24, 2.45) is 5.41 Å². The predicted octanol–water partition coefficient (Wildman–Crippen LogP) is 4.13. The summed E-state index contributed by atoms with van der Waals surface area (Å²) in [5, 5.41) is 3.52. The fourth-order valence-electron chi connectivity index (χ4n) is 2.54. The molecule has 0 spiro atoms. The first-order valence-electron chi connectivity index (χ1n) is 7.14. The summed E-state index contributed by atoms with van der Waals surface area (Å²) in [4.78, 5) is 2.54. The third-order valence-electron chi connectivity index (χ3n) is 3.52. The van der Waals surface area contributed by atoms with Crippen LogP contribution in [0, 0.1) is 5.41 Å². The van der Waals surface area contributed by atoms with Gasteiger partial charge in [-0.2, -0.15) is 0 Å². The van der Waals surface area contributed by atoms with Crippen molar-refractivity contribution < 1.29 is 0 Å². The molecular weight excluding hydrogens is 220 g/mol. The fourth-order valence-corrected chi connectivity index (χ4v) is 2.54. The molecule has 0 saturated carbocycles. The van der Waals surface area contributed by atoms with Crippen LogP contribution in [0.3, 0.4) is 0 Å². The van der Waals surface area contributed by atoms with E-state index in [2.05, 4.69) is 55.3 Å². The molecule has 0 saturated heterocycles. The molecule has 18 heavy (non-hydrogen) atoms. The molecule has 2 nitrogen and oxygen atoms in total. The molecule has 1 aliphatic heterocycles. The Morgan fingerprint density at radius 1 is 1.22 bits per heavy atom. The predicted molar refractivity (Wildman–Crippen MR) is 80.5 cm³/mol. The lowest BCUT2D eigenvalue weighted by Crippen LogP contribution is -2.26. The minimum absolute atomic E-state index is 0.448. The van der Waals surface area contributed by atoms with E-state index in [1.165, 1.54) is 43.7 Å². The summed E-state index contributed by atoms with van der Waals surface area (Å²) in [6.45, 7) is 10.4. The second kappa shape index (κ2) is 5.64. The van der Waals surface area contributed by atoms with Crippen molar-refractivity contribution >= 4 is 11.4 Å². The van der Waals surface area contributed by atoms with Crippen molar-refractivity contribution in [1.82, 2.24) is 0 Å². The van der Waals surface area contributed by atoms with Gasteiger partial charge in [-0.3, -0.25) is 0 Å². The first-order valence-corrected chi connectivity index (χ1v) is 7.14. The number of benzene rings is 1. The van der Waals surface area contributed by atoms with Gasteiger partial charge in [0, 0.05) is 19.6 Å². The highest BCUT2D eigenvalue weighted by Crippen LogP contribution is 2.29. The summed E-state index contributed by atoms with van der Waals surface area (Å²) in [5.41, 5.74) is 3.12. The summed E-state index contributed by atoms with van der Waals surface area (Å²) >= 11 is 0. The van der Waals surface area contributed by atoms with Crippen molar-refractivity contribution in [2.75, 3.05) is 29.9 Å². The minimum Gasteiger partial charge on any atom is -0.383 e. The highest BCUT2D eigenvalue weighted by atomic mass is 15.2. The molecule has 1 N–H and O–H groups in total. The Labute approximate surface area is 111 Å². The zero-order valence-corrected chi connectivity index (χ0v) is 12.0. The number of nitrogens with zero attached hydrogens (tertiary/aromatic N) is 1. The number of anilines is 2. The molecule has 1 aromatic carbocycles. The zero-order valence-electron chi connectivity index (χ0n) is 12.0. The van der Waals surface area contributed by atoms with Crippen LogP contribution in [0.1, 0.15) is 40.0 Å². The van der Waals surface area contributed by atoms with Crippen LogP contribution in [0.2, 0.25) is 0 Å². The molecule has 0 unspecified atom stereocenters. The molecule has 2 rings (SSSR count). The average Bonchev–Trinajstić information content (AvgIpc) is 2.51. The van der Waals surface area contributed by atoms with Gasteiger partial charge in [-0.05, 0) is 36.8 Å². The van der Waals surface area contributed by atoms with E-state index in [1.54, 1.807) is 0 Å². The van der Waals surface area contributed by atoms with Gasteiger partial charge in [0.15, 0.2) is 0 Å². The molecule has 2 heteroatoms. The van der Waals surface area contributed by atoms with E-state index in [0.717, 1.165) is 6.54 Å². The normalized spacial score (nSPS) is 15.8. The van der Waals surface area contributed by atoms with Gasteiger partial charge in [0.25, 0.3) is 0 Å². The van der Waals surface area contributed by atoms with Gasteiger partial charge in [-0.25, -0.2) is 0 Å². The maximum absolute atomic E-state index is 3.52. The highest BCUT2D eigenvalue weighted by Gasteiger charge is 2.15. The Bertz CT molecular complexity index is 379. The SMILES string of the molecule is CC(C)(C)CCCN1CCCNc2ccccc21. The van der Waals surface area contributed by atoms with E-state index in [4.69, 9.17) is 0 Å². The molecule has 0 atom stereocenters. The lowest BCUT2D eigenvalue weighted by atomic mass is 9.90. The molecule has 0 aromatic heterocycles. The minimum atomic E-state index is 0.448. The van der Waals surface area contributed by atoms with E-state index in [-0.39, 0.29) is 0 Å². The summed E-state index contributed by atoms with van der Waals surface area (Å²) in [5.74, 6) is 0. The van der Waals surface area contributed by atoms with Gasteiger partial charge >= 0.3 is 0 Å². The molecular formula is C16H26N2. The molecule has 0 bridgehead atoms. The summed E-state index contributed by atoms with van der Waals surface area (Å²) in [6.07, 6.45) is 3.79. The number of nitrogens with one attached hydrogen (secondary N) is 1. The second-order valence-corrected chi connectivity index (χ2v) is 6.45. The Morgan fingerprint density at radius 3 is 2.78 bits per heavy atom. The van der Waals surface area contributed by atoms with Crippen molar-refractivity contribution in [3.8, 4) is 0 Å². The van der Waals surface area contributed by atoms with Crippen molar-refractivity contribution in [1.29, 1.82) is 0 Å². The summed E-state index contributed by atoms with van der Waals surface area (Å²) in [7, 11) is 0. The monoisotopic (exact) mass is 246 g/mol. The number of hydrogen-bond acceptors (Lipinski definition) is 2. The van der Waals surface area contributed by atoms with Crippen molar-refractivity contribution in [2.45, 2.75) is 40.0 Å². The fraction of sp³-hybridized carbons (Fsp3) is 0.625. The number of rotatable bonds is 3. The molecule has 1 aromatic rings. The lowest BCUT2D eigenvalue weighted by Gasteiger charge is -2.26. The van der Waals surface area contributed by atoms with Gasteiger partial charge in [0.2, 0.25) is 0 Å². The number of hydrogen-bond donors (Lipinski definition) is 1. The first-order chi connectivity index (χ1) is 8.56. The van der Waals surface area contributed by atoms with E-state index >= 15 is 0 Å². The van der Waals surface area contributed by atoms with Crippen LogP contribution >= 0.6 is 0 Å². The first kappa shape index (κ1) is 13.3. The second-order valence-electron chi connectivity index (χ2n) is 6.45. The maximum atomic E-state index is 3.52. The zero-order chi connectivity index (χ0) is 13.0. The molecule has 100 valence electrons. The van der Waals surface area contributed by atoms with Gasteiger partial charge < -0.3 is 10.2 Å². The Kier molecular flexibility index (Phi) is 4.15. The standard InChI is InChI=1S/C16H26N2/c1-16(2,3)10-6-12-18-13-7-11-17-14-8-4-5-9-15(14)18/h4-5,8-9,17H,6-7,10-13H2,1-3H3. The highest BCUT2D eigenvalue weighted by molar-refractivity contribution is 5.70.